The minimum absolute atomic E-state index is 0.0938. The maximum absolute atomic E-state index is 9.53. The van der Waals surface area contributed by atoms with Gasteiger partial charge in [-0.25, -0.2) is 5.11 Å². The fourth-order valence-electron chi connectivity index (χ4n) is 0.144. The van der Waals surface area contributed by atoms with E-state index in [9.17, 15) is 5.11 Å². The van der Waals surface area contributed by atoms with Crippen molar-refractivity contribution >= 4 is 27.9 Å². The van der Waals surface area contributed by atoms with E-state index >= 15 is 0 Å². The Hall–Kier alpha value is 1.54. The molecule has 0 aliphatic carbocycles. The number of rotatable bonds is 2. The average molecular weight is 227 g/mol. The molecule has 1 nitrogen and oxygen atoms in total. The summed E-state index contributed by atoms with van der Waals surface area (Å²) in [5, 5.41) is 9.53. The summed E-state index contributed by atoms with van der Waals surface area (Å²) in [4.78, 5) is 0. The molecule has 56 valence electrons. The van der Waals surface area contributed by atoms with Gasteiger partial charge in [0, 0.05) is 0 Å². The van der Waals surface area contributed by atoms with Gasteiger partial charge in [0.2, 0.25) is 0 Å². The van der Waals surface area contributed by atoms with Gasteiger partial charge in [-0.15, -0.1) is 0 Å². The molecular weight excluding hydrogens is 218 g/mol. The van der Waals surface area contributed by atoms with E-state index in [-0.39, 0.29) is 6.61 Å². The molecule has 0 aromatic heterocycles. The van der Waals surface area contributed by atoms with Crippen LogP contribution in [0.5, 0.6) is 0 Å². The topological polar surface area (TPSA) is 19.9 Å². The van der Waals surface area contributed by atoms with Crippen molar-refractivity contribution in [3.8, 4) is 0 Å². The first-order valence-corrected chi connectivity index (χ1v) is 9.01. The number of unbranched alkanes of at least 4 members (excludes halogenated alkanes) is 1. The number of hydrogen-bond acceptors (Lipinski definition) is 0. The summed E-state index contributed by atoms with van der Waals surface area (Å²) in [5.74, 6) is 0. The molecule has 0 aromatic rings. The fourth-order valence-corrected chi connectivity index (χ4v) is 0.144. The first-order valence-electron chi connectivity index (χ1n) is 2.56. The molecule has 0 fully saturated rings. The molecule has 5 heteroatoms. The Morgan fingerprint density at radius 1 is 1.33 bits per heavy atom. The molecule has 0 aliphatic rings. The van der Waals surface area contributed by atoms with Crippen molar-refractivity contribution in [2.45, 2.75) is 19.8 Å². The van der Waals surface area contributed by atoms with Crippen LogP contribution >= 0.6 is 27.9 Å². The van der Waals surface area contributed by atoms with Crippen LogP contribution < -0.4 is 0 Å². The van der Waals surface area contributed by atoms with Crippen molar-refractivity contribution in [2.24, 2.45) is 0 Å². The Labute approximate surface area is 73.8 Å². The normalized spacial score (nSPS) is 7.67. The van der Waals surface area contributed by atoms with Gasteiger partial charge in [-0.1, -0.05) is 13.3 Å². The Balaban J connectivity index is 0. The van der Waals surface area contributed by atoms with E-state index in [4.69, 9.17) is 27.9 Å². The van der Waals surface area contributed by atoms with Gasteiger partial charge < -0.3 is 0 Å². The molecule has 1 radical (unpaired) electrons. The van der Waals surface area contributed by atoms with Gasteiger partial charge in [0.25, 0.3) is 0 Å². The molecule has 9 heavy (non-hydrogen) atoms. The summed E-state index contributed by atoms with van der Waals surface area (Å²) < 4.78 is 0. The zero-order valence-corrected chi connectivity index (χ0v) is 8.99. The van der Waals surface area contributed by atoms with Crippen LogP contribution in [-0.4, -0.2) is 6.61 Å². The molecule has 0 heterocycles. The third-order valence-electron chi connectivity index (χ3n) is 0.498. The predicted molar refractivity (Wildman–Crippen MR) is 38.0 cm³/mol. The monoisotopic (exact) mass is 226 g/mol. The standard InChI is InChI=1S/C4H9O.3ClH.Ti/c1-2-3-4-5;;;;/h2-4H2,1H3;3*1H;/q;;;;+3/p-3. The van der Waals surface area contributed by atoms with Crippen molar-refractivity contribution in [3.05, 3.63) is 0 Å². The summed E-state index contributed by atoms with van der Waals surface area (Å²) in [7, 11) is 14.9. The molecule has 0 rings (SSSR count). The molecule has 0 saturated carbocycles. The minimum atomic E-state index is -1.92. The average Bonchev–Trinajstić information content (AvgIpc) is 1.66. The quantitative estimate of drug-likeness (QED) is 0.645. The van der Waals surface area contributed by atoms with Crippen LogP contribution in [0.25, 0.3) is 0 Å². The van der Waals surface area contributed by atoms with E-state index in [1.54, 1.807) is 0 Å². The summed E-state index contributed by atoms with van der Waals surface area (Å²) in [6, 6.07) is 0. The van der Waals surface area contributed by atoms with Crippen molar-refractivity contribution in [1.29, 1.82) is 0 Å². The summed E-state index contributed by atoms with van der Waals surface area (Å²) in [6.45, 7) is 2.11. The molecular formula is C4H9Cl3OTi. The van der Waals surface area contributed by atoms with Gasteiger partial charge in [-0.2, -0.15) is 0 Å². The number of halogens is 3. The summed E-state index contributed by atoms with van der Waals surface area (Å²) in [6.07, 6.45) is 1.86. The molecule has 0 atom stereocenters. The third-order valence-corrected chi connectivity index (χ3v) is 0.498. The zero-order valence-electron chi connectivity index (χ0n) is 5.16. The molecule has 0 unspecified atom stereocenters. The van der Waals surface area contributed by atoms with Crippen LogP contribution in [0.3, 0.4) is 0 Å². The van der Waals surface area contributed by atoms with Crippen molar-refractivity contribution in [2.75, 3.05) is 6.61 Å². The molecule has 0 N–H and O–H groups in total. The van der Waals surface area contributed by atoms with Crippen LogP contribution in [0.2, 0.25) is 0 Å². The van der Waals surface area contributed by atoms with E-state index < -0.39 is 14.7 Å². The van der Waals surface area contributed by atoms with Crippen LogP contribution in [0.1, 0.15) is 19.8 Å². The second-order valence-corrected chi connectivity index (χ2v) is 9.01. The van der Waals surface area contributed by atoms with Crippen LogP contribution in [0, 0.1) is 0 Å². The van der Waals surface area contributed by atoms with Crippen LogP contribution in [-0.2, 0) is 19.8 Å². The maximum atomic E-state index is 9.53. The molecule has 0 spiro atoms. The SMILES string of the molecule is CCCC[O].[Cl][Ti]([Cl])[Cl]. The Bertz CT molecular complexity index is 40.0. The van der Waals surface area contributed by atoms with E-state index in [2.05, 4.69) is 0 Å². The summed E-state index contributed by atoms with van der Waals surface area (Å²) in [5.41, 5.74) is 0. The first-order chi connectivity index (χ1) is 4.15. The second kappa shape index (κ2) is 12.2. The zero-order chi connectivity index (χ0) is 7.70. The van der Waals surface area contributed by atoms with Crippen LogP contribution in [0.15, 0.2) is 0 Å². The second-order valence-electron chi connectivity index (χ2n) is 1.27. The van der Waals surface area contributed by atoms with Gasteiger partial charge in [-0.05, 0) is 6.42 Å². The van der Waals surface area contributed by atoms with E-state index in [1.165, 1.54) is 0 Å². The molecule has 0 amide bonds. The molecule has 0 saturated heterocycles. The van der Waals surface area contributed by atoms with E-state index in [0.717, 1.165) is 12.8 Å². The Kier molecular flexibility index (Phi) is 17.9. The van der Waals surface area contributed by atoms with Gasteiger partial charge in [-0.3, -0.25) is 0 Å². The summed E-state index contributed by atoms with van der Waals surface area (Å²) >= 11 is -1.92. The molecule has 0 aromatic carbocycles. The van der Waals surface area contributed by atoms with E-state index in [1.807, 2.05) is 6.92 Å². The van der Waals surface area contributed by atoms with Gasteiger partial charge in [0.05, 0.1) is 6.61 Å². The Morgan fingerprint density at radius 3 is 1.67 bits per heavy atom. The Morgan fingerprint density at radius 2 is 1.67 bits per heavy atom. The van der Waals surface area contributed by atoms with Crippen molar-refractivity contribution in [1.82, 2.24) is 0 Å². The van der Waals surface area contributed by atoms with E-state index in [0.29, 0.717) is 0 Å². The molecule has 0 aliphatic heterocycles. The van der Waals surface area contributed by atoms with Gasteiger partial charge >= 0.3 is 42.6 Å². The fraction of sp³-hybridized carbons (Fsp3) is 1.00. The molecule has 0 bridgehead atoms. The van der Waals surface area contributed by atoms with Gasteiger partial charge in [0.1, 0.15) is 0 Å². The third kappa shape index (κ3) is 43.2. The van der Waals surface area contributed by atoms with Gasteiger partial charge in [0.15, 0.2) is 0 Å². The van der Waals surface area contributed by atoms with Crippen molar-refractivity contribution in [3.63, 3.8) is 0 Å². The number of hydrogen-bond donors (Lipinski definition) is 0. The van der Waals surface area contributed by atoms with Crippen LogP contribution in [0.4, 0.5) is 0 Å². The predicted octanol–water partition coefficient (Wildman–Crippen LogP) is 3.28. The van der Waals surface area contributed by atoms with Crippen molar-refractivity contribution < 1.29 is 19.8 Å². The first kappa shape index (κ1) is 13.2.